The minimum atomic E-state index is -0.557. The smallest absolute Gasteiger partial charge is 0.291 e. The Morgan fingerprint density at radius 1 is 1.35 bits per heavy atom. The van der Waals surface area contributed by atoms with E-state index in [1.165, 1.54) is 24.3 Å². The number of halogens is 2. The molecule has 0 spiro atoms. The fourth-order valence-corrected chi connectivity index (χ4v) is 1.57. The predicted molar refractivity (Wildman–Crippen MR) is 65.2 cm³/mol. The Kier molecular flexibility index (Phi) is 3.14. The number of carbonyl (C=O) groups excluding carboxylic acids is 1. The molecular formula is C11H8BrFN2O2. The van der Waals surface area contributed by atoms with Gasteiger partial charge in [-0.25, -0.2) is 4.39 Å². The van der Waals surface area contributed by atoms with Crippen molar-refractivity contribution in [2.75, 3.05) is 11.1 Å². The number of nitrogen functional groups attached to an aromatic ring is 1. The van der Waals surface area contributed by atoms with Crippen LogP contribution >= 0.6 is 15.9 Å². The number of nitrogens with two attached hydrogens (primary N) is 1. The van der Waals surface area contributed by atoms with E-state index in [0.29, 0.717) is 10.4 Å². The summed E-state index contributed by atoms with van der Waals surface area (Å²) < 4.78 is 18.8. The predicted octanol–water partition coefficient (Wildman–Crippen LogP) is 3.02. The molecule has 1 aromatic carbocycles. The summed E-state index contributed by atoms with van der Waals surface area (Å²) in [6.45, 7) is 0. The van der Waals surface area contributed by atoms with Crippen LogP contribution in [0.5, 0.6) is 0 Å². The number of nitrogens with one attached hydrogen (secondary N) is 1. The van der Waals surface area contributed by atoms with Crippen LogP contribution < -0.4 is 11.1 Å². The normalized spacial score (nSPS) is 10.2. The van der Waals surface area contributed by atoms with Gasteiger partial charge in [0.05, 0.1) is 5.69 Å². The molecule has 2 rings (SSSR count). The first kappa shape index (κ1) is 11.7. The number of benzene rings is 1. The van der Waals surface area contributed by atoms with Crippen molar-refractivity contribution in [2.45, 2.75) is 0 Å². The number of anilines is 2. The molecule has 88 valence electrons. The molecule has 0 saturated heterocycles. The molecule has 1 heterocycles. The summed E-state index contributed by atoms with van der Waals surface area (Å²) in [5.74, 6) is -1.02. The van der Waals surface area contributed by atoms with Crippen molar-refractivity contribution in [3.05, 3.63) is 46.6 Å². The highest BCUT2D eigenvalue weighted by molar-refractivity contribution is 9.10. The van der Waals surface area contributed by atoms with E-state index >= 15 is 0 Å². The van der Waals surface area contributed by atoms with E-state index in [9.17, 15) is 9.18 Å². The number of hydrogen-bond donors (Lipinski definition) is 2. The largest absolute Gasteiger partial charge is 0.444 e. The summed E-state index contributed by atoms with van der Waals surface area (Å²) in [6, 6.07) is 6.98. The van der Waals surface area contributed by atoms with Crippen LogP contribution in [0.25, 0.3) is 0 Å². The van der Waals surface area contributed by atoms with Gasteiger partial charge in [-0.05, 0) is 46.3 Å². The van der Waals surface area contributed by atoms with Gasteiger partial charge in [-0.1, -0.05) is 0 Å². The third-order valence-electron chi connectivity index (χ3n) is 2.04. The van der Waals surface area contributed by atoms with Gasteiger partial charge >= 0.3 is 0 Å². The van der Waals surface area contributed by atoms with Gasteiger partial charge in [-0.15, -0.1) is 0 Å². The summed E-state index contributed by atoms with van der Waals surface area (Å²) in [5, 5.41) is 2.37. The third-order valence-corrected chi connectivity index (χ3v) is 2.46. The lowest BCUT2D eigenvalue weighted by molar-refractivity contribution is 0.0995. The first-order valence-corrected chi connectivity index (χ1v) is 5.47. The van der Waals surface area contributed by atoms with Crippen LogP contribution in [0.1, 0.15) is 10.6 Å². The van der Waals surface area contributed by atoms with Gasteiger partial charge in [-0.2, -0.15) is 0 Å². The van der Waals surface area contributed by atoms with Crippen LogP contribution in [0.2, 0.25) is 0 Å². The van der Waals surface area contributed by atoms with Crippen LogP contribution in [0.15, 0.2) is 39.4 Å². The Hall–Kier alpha value is -1.82. The Morgan fingerprint density at radius 2 is 2.12 bits per heavy atom. The molecule has 0 saturated carbocycles. The molecule has 1 aromatic heterocycles. The lowest BCUT2D eigenvalue weighted by Crippen LogP contribution is -2.12. The van der Waals surface area contributed by atoms with Crippen LogP contribution in [0.4, 0.5) is 15.8 Å². The highest BCUT2D eigenvalue weighted by Gasteiger charge is 2.12. The molecule has 0 aliphatic heterocycles. The Bertz CT molecular complexity index is 568. The Morgan fingerprint density at radius 3 is 2.76 bits per heavy atom. The summed E-state index contributed by atoms with van der Waals surface area (Å²) in [6.07, 6.45) is 0. The zero-order chi connectivity index (χ0) is 12.4. The number of carbonyl (C=O) groups is 1. The van der Waals surface area contributed by atoms with E-state index < -0.39 is 11.7 Å². The monoisotopic (exact) mass is 298 g/mol. The molecule has 0 unspecified atom stereocenters. The lowest BCUT2D eigenvalue weighted by Gasteiger charge is -2.05. The minimum absolute atomic E-state index is 0.0162. The van der Waals surface area contributed by atoms with Crippen LogP contribution in [0.3, 0.4) is 0 Å². The van der Waals surface area contributed by atoms with E-state index in [-0.39, 0.29) is 11.4 Å². The van der Waals surface area contributed by atoms with Gasteiger partial charge in [0.15, 0.2) is 10.4 Å². The number of furan rings is 1. The van der Waals surface area contributed by atoms with Crippen LogP contribution in [-0.4, -0.2) is 5.91 Å². The van der Waals surface area contributed by atoms with Crippen molar-refractivity contribution in [3.8, 4) is 0 Å². The number of hydrogen-bond acceptors (Lipinski definition) is 3. The second-order valence-electron chi connectivity index (χ2n) is 3.30. The summed E-state index contributed by atoms with van der Waals surface area (Å²) >= 11 is 3.07. The van der Waals surface area contributed by atoms with Gasteiger partial charge in [0, 0.05) is 5.69 Å². The van der Waals surface area contributed by atoms with Crippen LogP contribution in [0, 0.1) is 5.82 Å². The maximum absolute atomic E-state index is 13.3. The van der Waals surface area contributed by atoms with Gasteiger partial charge < -0.3 is 15.5 Å². The van der Waals surface area contributed by atoms with Gasteiger partial charge in [0.25, 0.3) is 5.91 Å². The Balaban J connectivity index is 2.21. The van der Waals surface area contributed by atoms with Crippen LogP contribution in [-0.2, 0) is 0 Å². The Labute approximate surface area is 105 Å². The SMILES string of the molecule is Nc1ccc(F)c(NC(=O)c2ccc(Br)o2)c1. The van der Waals surface area contributed by atoms with Crippen molar-refractivity contribution in [1.29, 1.82) is 0 Å². The molecule has 3 N–H and O–H groups in total. The molecule has 0 atom stereocenters. The topological polar surface area (TPSA) is 68.3 Å². The molecule has 0 fully saturated rings. The first-order chi connectivity index (χ1) is 8.06. The standard InChI is InChI=1S/C11H8BrFN2O2/c12-10-4-3-9(17-10)11(16)15-8-5-6(14)1-2-7(8)13/h1-5H,14H2,(H,15,16). The fourth-order valence-electron chi connectivity index (χ4n) is 1.26. The van der Waals surface area contributed by atoms with Crippen molar-refractivity contribution in [3.63, 3.8) is 0 Å². The molecule has 0 aliphatic rings. The first-order valence-electron chi connectivity index (χ1n) is 4.68. The zero-order valence-electron chi connectivity index (χ0n) is 8.54. The summed E-state index contributed by atoms with van der Waals surface area (Å²) in [7, 11) is 0. The highest BCUT2D eigenvalue weighted by Crippen LogP contribution is 2.20. The zero-order valence-corrected chi connectivity index (χ0v) is 10.1. The second-order valence-corrected chi connectivity index (χ2v) is 4.08. The minimum Gasteiger partial charge on any atom is -0.444 e. The van der Waals surface area contributed by atoms with E-state index in [0.717, 1.165) is 0 Å². The number of rotatable bonds is 2. The molecule has 0 radical (unpaired) electrons. The molecule has 0 aliphatic carbocycles. The van der Waals surface area contributed by atoms with E-state index in [1.54, 1.807) is 6.07 Å². The van der Waals surface area contributed by atoms with Crippen molar-refractivity contribution < 1.29 is 13.6 Å². The average Bonchev–Trinajstić information content (AvgIpc) is 2.70. The molecule has 17 heavy (non-hydrogen) atoms. The molecule has 0 bridgehead atoms. The van der Waals surface area contributed by atoms with E-state index in [4.69, 9.17) is 10.2 Å². The van der Waals surface area contributed by atoms with Gasteiger partial charge in [0.2, 0.25) is 0 Å². The number of amides is 1. The maximum atomic E-state index is 13.3. The average molecular weight is 299 g/mol. The van der Waals surface area contributed by atoms with Gasteiger partial charge in [0.1, 0.15) is 5.82 Å². The quantitative estimate of drug-likeness (QED) is 0.838. The fraction of sp³-hybridized carbons (Fsp3) is 0. The van der Waals surface area contributed by atoms with Gasteiger partial charge in [-0.3, -0.25) is 4.79 Å². The summed E-state index contributed by atoms with van der Waals surface area (Å²) in [4.78, 5) is 11.7. The van der Waals surface area contributed by atoms with Crippen molar-refractivity contribution >= 4 is 33.2 Å². The van der Waals surface area contributed by atoms with E-state index in [2.05, 4.69) is 21.2 Å². The van der Waals surface area contributed by atoms with Crippen molar-refractivity contribution in [2.24, 2.45) is 0 Å². The molecule has 4 nitrogen and oxygen atoms in total. The summed E-state index contributed by atoms with van der Waals surface area (Å²) in [5.41, 5.74) is 5.88. The molecule has 2 aromatic rings. The maximum Gasteiger partial charge on any atom is 0.291 e. The molecular weight excluding hydrogens is 291 g/mol. The second kappa shape index (κ2) is 4.58. The molecule has 1 amide bonds. The van der Waals surface area contributed by atoms with E-state index in [1.807, 2.05) is 0 Å². The third kappa shape index (κ3) is 2.65. The molecule has 6 heteroatoms. The lowest BCUT2D eigenvalue weighted by atomic mass is 10.2. The van der Waals surface area contributed by atoms with Crippen molar-refractivity contribution in [1.82, 2.24) is 0 Å². The highest BCUT2D eigenvalue weighted by atomic mass is 79.9.